The highest BCUT2D eigenvalue weighted by Crippen LogP contribution is 2.01. The summed E-state index contributed by atoms with van der Waals surface area (Å²) < 4.78 is 0.625. The molecule has 0 saturated carbocycles. The highest BCUT2D eigenvalue weighted by atomic mass is 79.9. The summed E-state index contributed by atoms with van der Waals surface area (Å²) >= 11 is 3.15. The molecule has 0 unspecified atom stereocenters. The summed E-state index contributed by atoms with van der Waals surface area (Å²) in [5, 5.41) is 0. The highest BCUT2D eigenvalue weighted by Gasteiger charge is 1.90. The van der Waals surface area contributed by atoms with Gasteiger partial charge in [-0.1, -0.05) is 6.08 Å². The predicted octanol–water partition coefficient (Wildman–Crippen LogP) is 1.97. The van der Waals surface area contributed by atoms with Crippen molar-refractivity contribution in [1.82, 2.24) is 9.97 Å². The standard InChI is InChI=1S/C7H7BrN2/c1-2-3-6-4-9-7(8)10-5-6/h2,4-5H,1,3H2. The zero-order chi connectivity index (χ0) is 7.40. The van der Waals surface area contributed by atoms with Crippen molar-refractivity contribution < 1.29 is 0 Å². The normalized spacial score (nSPS) is 9.30. The minimum Gasteiger partial charge on any atom is -0.230 e. The first kappa shape index (κ1) is 7.41. The Morgan fingerprint density at radius 1 is 1.50 bits per heavy atom. The Kier molecular flexibility index (Phi) is 2.57. The molecular weight excluding hydrogens is 192 g/mol. The second-order valence-corrected chi connectivity index (χ2v) is 2.56. The Morgan fingerprint density at radius 3 is 2.60 bits per heavy atom. The molecule has 0 amide bonds. The maximum absolute atomic E-state index is 3.96. The van der Waals surface area contributed by atoms with Gasteiger partial charge in [0.2, 0.25) is 0 Å². The molecule has 0 atom stereocenters. The molecule has 10 heavy (non-hydrogen) atoms. The van der Waals surface area contributed by atoms with Gasteiger partial charge in [0.1, 0.15) is 0 Å². The van der Waals surface area contributed by atoms with E-state index in [-0.39, 0.29) is 0 Å². The van der Waals surface area contributed by atoms with Gasteiger partial charge in [-0.25, -0.2) is 9.97 Å². The third-order valence-electron chi connectivity index (χ3n) is 1.05. The van der Waals surface area contributed by atoms with Crippen LogP contribution in [0.5, 0.6) is 0 Å². The van der Waals surface area contributed by atoms with Crippen molar-refractivity contribution >= 4 is 15.9 Å². The smallest absolute Gasteiger partial charge is 0.196 e. The van der Waals surface area contributed by atoms with Gasteiger partial charge in [0.15, 0.2) is 4.73 Å². The van der Waals surface area contributed by atoms with Crippen LogP contribution in [0.2, 0.25) is 0 Å². The molecule has 0 aromatic carbocycles. The fourth-order valence-corrected chi connectivity index (χ4v) is 0.816. The molecule has 2 nitrogen and oxygen atoms in total. The first-order chi connectivity index (χ1) is 4.83. The van der Waals surface area contributed by atoms with Gasteiger partial charge >= 0.3 is 0 Å². The number of aromatic nitrogens is 2. The maximum atomic E-state index is 3.96. The average Bonchev–Trinajstić information content (AvgIpc) is 1.95. The van der Waals surface area contributed by atoms with Crippen LogP contribution in [0.4, 0.5) is 0 Å². The minimum atomic E-state index is 0.625. The van der Waals surface area contributed by atoms with Crippen molar-refractivity contribution in [3.05, 3.63) is 35.3 Å². The van der Waals surface area contributed by atoms with E-state index in [1.165, 1.54) is 0 Å². The molecule has 3 heteroatoms. The SMILES string of the molecule is C=CCc1cnc(Br)nc1. The van der Waals surface area contributed by atoms with E-state index >= 15 is 0 Å². The molecule has 0 saturated heterocycles. The number of hydrogen-bond donors (Lipinski definition) is 0. The van der Waals surface area contributed by atoms with Crippen molar-refractivity contribution in [1.29, 1.82) is 0 Å². The molecule has 52 valence electrons. The van der Waals surface area contributed by atoms with Crippen molar-refractivity contribution in [3.63, 3.8) is 0 Å². The van der Waals surface area contributed by atoms with Gasteiger partial charge in [0.05, 0.1) is 0 Å². The molecule has 1 rings (SSSR count). The zero-order valence-electron chi connectivity index (χ0n) is 5.42. The lowest BCUT2D eigenvalue weighted by atomic mass is 10.2. The number of halogens is 1. The fourth-order valence-electron chi connectivity index (χ4n) is 0.611. The number of allylic oxidation sites excluding steroid dienone is 1. The molecular formula is C7H7BrN2. The first-order valence-corrected chi connectivity index (χ1v) is 3.69. The van der Waals surface area contributed by atoms with E-state index in [1.807, 2.05) is 6.08 Å². The molecule has 0 radical (unpaired) electrons. The first-order valence-electron chi connectivity index (χ1n) is 2.90. The Labute approximate surface area is 68.1 Å². The van der Waals surface area contributed by atoms with Crippen LogP contribution in [0, 0.1) is 0 Å². The van der Waals surface area contributed by atoms with Crippen molar-refractivity contribution in [3.8, 4) is 0 Å². The van der Waals surface area contributed by atoms with E-state index in [9.17, 15) is 0 Å². The lowest BCUT2D eigenvalue weighted by Crippen LogP contribution is -1.86. The van der Waals surface area contributed by atoms with E-state index in [1.54, 1.807) is 12.4 Å². The zero-order valence-corrected chi connectivity index (χ0v) is 7.00. The van der Waals surface area contributed by atoms with Gasteiger partial charge in [0.25, 0.3) is 0 Å². The van der Waals surface area contributed by atoms with Crippen LogP contribution in [-0.2, 0) is 6.42 Å². The Balaban J connectivity index is 2.78. The van der Waals surface area contributed by atoms with Gasteiger partial charge < -0.3 is 0 Å². The quantitative estimate of drug-likeness (QED) is 0.537. The number of nitrogens with zero attached hydrogens (tertiary/aromatic N) is 2. The third kappa shape index (κ3) is 1.92. The summed E-state index contributed by atoms with van der Waals surface area (Å²) in [7, 11) is 0. The summed E-state index contributed by atoms with van der Waals surface area (Å²) in [4.78, 5) is 7.91. The monoisotopic (exact) mass is 198 g/mol. The molecule has 0 bridgehead atoms. The van der Waals surface area contributed by atoms with Crippen LogP contribution in [0.25, 0.3) is 0 Å². The maximum Gasteiger partial charge on any atom is 0.196 e. The topological polar surface area (TPSA) is 25.8 Å². The molecule has 1 heterocycles. The average molecular weight is 199 g/mol. The summed E-state index contributed by atoms with van der Waals surface area (Å²) in [5.74, 6) is 0. The van der Waals surface area contributed by atoms with E-state index in [0.717, 1.165) is 12.0 Å². The minimum absolute atomic E-state index is 0.625. The van der Waals surface area contributed by atoms with Crippen molar-refractivity contribution in [2.45, 2.75) is 6.42 Å². The molecule has 1 aromatic heterocycles. The van der Waals surface area contributed by atoms with Gasteiger partial charge in [-0.05, 0) is 27.9 Å². The van der Waals surface area contributed by atoms with Crippen molar-refractivity contribution in [2.75, 3.05) is 0 Å². The number of hydrogen-bond acceptors (Lipinski definition) is 2. The van der Waals surface area contributed by atoms with Crippen LogP contribution >= 0.6 is 15.9 Å². The lowest BCUT2D eigenvalue weighted by Gasteiger charge is -1.92. The van der Waals surface area contributed by atoms with Crippen LogP contribution in [-0.4, -0.2) is 9.97 Å². The summed E-state index contributed by atoms with van der Waals surface area (Å²) in [6, 6.07) is 0. The Hall–Kier alpha value is -0.700. The van der Waals surface area contributed by atoms with Crippen LogP contribution in [0.15, 0.2) is 29.8 Å². The molecule has 0 aliphatic carbocycles. The Bertz CT molecular complexity index is 218. The third-order valence-corrected chi connectivity index (χ3v) is 1.46. The van der Waals surface area contributed by atoms with E-state index in [2.05, 4.69) is 32.5 Å². The van der Waals surface area contributed by atoms with Gasteiger partial charge in [-0.2, -0.15) is 0 Å². The molecule has 0 N–H and O–H groups in total. The second kappa shape index (κ2) is 3.46. The van der Waals surface area contributed by atoms with Crippen molar-refractivity contribution in [2.24, 2.45) is 0 Å². The molecule has 0 aliphatic rings. The van der Waals surface area contributed by atoms with Gasteiger partial charge in [0, 0.05) is 12.4 Å². The molecule has 0 fully saturated rings. The summed E-state index contributed by atoms with van der Waals surface area (Å²) in [6.45, 7) is 3.61. The largest absolute Gasteiger partial charge is 0.230 e. The van der Waals surface area contributed by atoms with E-state index in [4.69, 9.17) is 0 Å². The van der Waals surface area contributed by atoms with Crippen LogP contribution < -0.4 is 0 Å². The molecule has 0 spiro atoms. The fraction of sp³-hybridized carbons (Fsp3) is 0.143. The summed E-state index contributed by atoms with van der Waals surface area (Å²) in [5.41, 5.74) is 1.08. The lowest BCUT2D eigenvalue weighted by molar-refractivity contribution is 1.05. The van der Waals surface area contributed by atoms with Gasteiger partial charge in [-0.3, -0.25) is 0 Å². The number of rotatable bonds is 2. The van der Waals surface area contributed by atoms with E-state index in [0.29, 0.717) is 4.73 Å². The summed E-state index contributed by atoms with van der Waals surface area (Å²) in [6.07, 6.45) is 6.21. The van der Waals surface area contributed by atoms with Crippen LogP contribution in [0.3, 0.4) is 0 Å². The second-order valence-electron chi connectivity index (χ2n) is 1.85. The molecule has 0 aliphatic heterocycles. The highest BCUT2D eigenvalue weighted by molar-refractivity contribution is 9.10. The molecule has 1 aromatic rings. The van der Waals surface area contributed by atoms with Gasteiger partial charge in [-0.15, -0.1) is 6.58 Å². The van der Waals surface area contributed by atoms with E-state index < -0.39 is 0 Å². The Morgan fingerprint density at radius 2 is 2.10 bits per heavy atom. The van der Waals surface area contributed by atoms with Crippen LogP contribution in [0.1, 0.15) is 5.56 Å². The predicted molar refractivity (Wildman–Crippen MR) is 43.6 cm³/mol.